The van der Waals surface area contributed by atoms with Crippen LogP contribution in [0.3, 0.4) is 0 Å². The van der Waals surface area contributed by atoms with Crippen LogP contribution in [0, 0.1) is 0 Å². The topological polar surface area (TPSA) is 47.7 Å². The summed E-state index contributed by atoms with van der Waals surface area (Å²) in [4.78, 5) is 2.39. The lowest BCUT2D eigenvalue weighted by Crippen LogP contribution is -2.58. The molecule has 2 fully saturated rings. The van der Waals surface area contributed by atoms with E-state index in [9.17, 15) is 0 Å². The summed E-state index contributed by atoms with van der Waals surface area (Å²) < 4.78 is 11.5. The first kappa shape index (κ1) is 11.3. The van der Waals surface area contributed by atoms with E-state index in [0.717, 1.165) is 39.1 Å². The van der Waals surface area contributed by atoms with Gasteiger partial charge >= 0.3 is 0 Å². The molecule has 4 nitrogen and oxygen atoms in total. The molecule has 0 aromatic rings. The number of ether oxygens (including phenoxy) is 2. The van der Waals surface area contributed by atoms with Gasteiger partial charge in [0.05, 0.1) is 19.8 Å². The van der Waals surface area contributed by atoms with Crippen LogP contribution in [0.15, 0.2) is 0 Å². The van der Waals surface area contributed by atoms with Crippen LogP contribution in [0.1, 0.15) is 26.7 Å². The molecular weight excluding hydrogens is 192 g/mol. The highest BCUT2D eigenvalue weighted by molar-refractivity contribution is 4.91. The maximum atomic E-state index is 5.80. The zero-order valence-electron chi connectivity index (χ0n) is 9.79. The largest absolute Gasteiger partial charge is 0.346 e. The van der Waals surface area contributed by atoms with E-state index in [1.807, 2.05) is 0 Å². The summed E-state index contributed by atoms with van der Waals surface area (Å²) in [5.41, 5.74) is 5.85. The predicted molar refractivity (Wildman–Crippen MR) is 58.6 cm³/mol. The first-order chi connectivity index (χ1) is 7.08. The predicted octanol–water partition coefficient (Wildman–Crippen LogP) is 0.563. The molecule has 0 aromatic heterocycles. The van der Waals surface area contributed by atoms with Crippen LogP contribution in [-0.4, -0.2) is 49.1 Å². The molecular formula is C11H22N2O2. The quantitative estimate of drug-likeness (QED) is 0.730. The molecule has 2 heterocycles. The summed E-state index contributed by atoms with van der Waals surface area (Å²) >= 11 is 0. The van der Waals surface area contributed by atoms with Crippen LogP contribution in [0.5, 0.6) is 0 Å². The Bertz CT molecular complexity index is 225. The van der Waals surface area contributed by atoms with E-state index in [1.54, 1.807) is 0 Å². The molecule has 2 rings (SSSR count). The van der Waals surface area contributed by atoms with Gasteiger partial charge in [-0.2, -0.15) is 0 Å². The molecule has 0 atom stereocenters. The van der Waals surface area contributed by atoms with Gasteiger partial charge in [-0.3, -0.25) is 4.90 Å². The summed E-state index contributed by atoms with van der Waals surface area (Å²) in [5, 5.41) is 0. The zero-order chi connectivity index (χ0) is 10.9. The number of hydrogen-bond acceptors (Lipinski definition) is 4. The highest BCUT2D eigenvalue weighted by atomic mass is 16.7. The molecule has 0 aliphatic carbocycles. The lowest BCUT2D eigenvalue weighted by Gasteiger charge is -2.46. The smallest absolute Gasteiger partial charge is 0.181 e. The molecule has 0 unspecified atom stereocenters. The third-order valence-electron chi connectivity index (χ3n) is 3.59. The molecule has 2 aliphatic heterocycles. The van der Waals surface area contributed by atoms with Crippen molar-refractivity contribution in [3.05, 3.63) is 0 Å². The molecule has 0 saturated carbocycles. The van der Waals surface area contributed by atoms with Gasteiger partial charge in [0.2, 0.25) is 0 Å². The van der Waals surface area contributed by atoms with E-state index < -0.39 is 0 Å². The minimum Gasteiger partial charge on any atom is -0.346 e. The molecule has 2 aliphatic rings. The number of hydrogen-bond donors (Lipinski definition) is 1. The van der Waals surface area contributed by atoms with Gasteiger partial charge in [0.1, 0.15) is 0 Å². The van der Waals surface area contributed by atoms with Crippen molar-refractivity contribution in [3.63, 3.8) is 0 Å². The highest BCUT2D eigenvalue weighted by Crippen LogP contribution is 2.32. The van der Waals surface area contributed by atoms with Gasteiger partial charge in [0, 0.05) is 18.5 Å². The average molecular weight is 214 g/mol. The summed E-state index contributed by atoms with van der Waals surface area (Å²) in [6, 6.07) is 0. The van der Waals surface area contributed by atoms with Crippen LogP contribution in [0.4, 0.5) is 0 Å². The van der Waals surface area contributed by atoms with Gasteiger partial charge in [0.15, 0.2) is 5.79 Å². The molecule has 0 bridgehead atoms. The molecule has 88 valence electrons. The summed E-state index contributed by atoms with van der Waals surface area (Å²) in [7, 11) is 0. The Morgan fingerprint density at radius 1 is 1.33 bits per heavy atom. The van der Waals surface area contributed by atoms with Crippen molar-refractivity contribution in [2.24, 2.45) is 5.73 Å². The first-order valence-electron chi connectivity index (χ1n) is 5.81. The maximum Gasteiger partial charge on any atom is 0.181 e. The second kappa shape index (κ2) is 4.01. The molecule has 1 spiro atoms. The standard InChI is InChI=1S/C11H22N2O2/c1-10(2,8-12)13-5-3-4-11(9-13)14-6-7-15-11/h3-9,12H2,1-2H3. The van der Waals surface area contributed by atoms with E-state index in [-0.39, 0.29) is 11.3 Å². The molecule has 0 radical (unpaired) electrons. The number of nitrogens with two attached hydrogens (primary N) is 1. The summed E-state index contributed by atoms with van der Waals surface area (Å²) in [5.74, 6) is -0.329. The molecule has 4 heteroatoms. The van der Waals surface area contributed by atoms with Crippen molar-refractivity contribution in [3.8, 4) is 0 Å². The molecule has 0 amide bonds. The van der Waals surface area contributed by atoms with Crippen molar-refractivity contribution in [1.29, 1.82) is 0 Å². The number of nitrogens with zero attached hydrogens (tertiary/aromatic N) is 1. The Balaban J connectivity index is 2.03. The Hall–Kier alpha value is -0.160. The van der Waals surface area contributed by atoms with Crippen molar-refractivity contribution >= 4 is 0 Å². The minimum absolute atomic E-state index is 0.0444. The SMILES string of the molecule is CC(C)(CN)N1CCCC2(C1)OCCO2. The Labute approximate surface area is 91.7 Å². The third-order valence-corrected chi connectivity index (χ3v) is 3.59. The first-order valence-corrected chi connectivity index (χ1v) is 5.81. The van der Waals surface area contributed by atoms with Gasteiger partial charge < -0.3 is 15.2 Å². The number of piperidine rings is 1. The minimum atomic E-state index is -0.329. The van der Waals surface area contributed by atoms with Crippen molar-refractivity contribution in [2.45, 2.75) is 38.0 Å². The van der Waals surface area contributed by atoms with Crippen LogP contribution in [-0.2, 0) is 9.47 Å². The second-order valence-electron chi connectivity index (χ2n) is 5.15. The fourth-order valence-corrected chi connectivity index (χ4v) is 2.37. The van der Waals surface area contributed by atoms with Crippen molar-refractivity contribution in [2.75, 3.05) is 32.8 Å². The Kier molecular flexibility index (Phi) is 3.03. The van der Waals surface area contributed by atoms with Crippen LogP contribution in [0.2, 0.25) is 0 Å². The van der Waals surface area contributed by atoms with E-state index in [4.69, 9.17) is 15.2 Å². The molecule has 2 saturated heterocycles. The molecule has 0 aromatic carbocycles. The van der Waals surface area contributed by atoms with E-state index in [1.165, 1.54) is 0 Å². The maximum absolute atomic E-state index is 5.80. The van der Waals surface area contributed by atoms with Gasteiger partial charge in [-0.05, 0) is 26.8 Å². The zero-order valence-corrected chi connectivity index (χ0v) is 9.79. The summed E-state index contributed by atoms with van der Waals surface area (Å²) in [6.07, 6.45) is 2.15. The Morgan fingerprint density at radius 2 is 2.00 bits per heavy atom. The van der Waals surface area contributed by atoms with E-state index in [2.05, 4.69) is 18.7 Å². The normalized spacial score (nSPS) is 27.4. The van der Waals surface area contributed by atoms with Gasteiger partial charge in [-0.1, -0.05) is 0 Å². The lowest BCUT2D eigenvalue weighted by atomic mass is 9.96. The Morgan fingerprint density at radius 3 is 2.60 bits per heavy atom. The van der Waals surface area contributed by atoms with Crippen LogP contribution >= 0.6 is 0 Å². The fraction of sp³-hybridized carbons (Fsp3) is 1.00. The molecule has 15 heavy (non-hydrogen) atoms. The van der Waals surface area contributed by atoms with Gasteiger partial charge in [-0.25, -0.2) is 0 Å². The van der Waals surface area contributed by atoms with Crippen molar-refractivity contribution < 1.29 is 9.47 Å². The highest BCUT2D eigenvalue weighted by Gasteiger charge is 2.43. The van der Waals surface area contributed by atoms with E-state index >= 15 is 0 Å². The third kappa shape index (κ3) is 2.18. The van der Waals surface area contributed by atoms with Gasteiger partial charge in [-0.15, -0.1) is 0 Å². The average Bonchev–Trinajstić information content (AvgIpc) is 2.66. The number of rotatable bonds is 2. The van der Waals surface area contributed by atoms with Crippen molar-refractivity contribution in [1.82, 2.24) is 4.90 Å². The van der Waals surface area contributed by atoms with Gasteiger partial charge in [0.25, 0.3) is 0 Å². The van der Waals surface area contributed by atoms with E-state index in [0.29, 0.717) is 6.54 Å². The van der Waals surface area contributed by atoms with Crippen LogP contribution < -0.4 is 5.73 Å². The number of likely N-dealkylation sites (tertiary alicyclic amines) is 1. The summed E-state index contributed by atoms with van der Waals surface area (Å²) in [6.45, 7) is 8.45. The monoisotopic (exact) mass is 214 g/mol. The van der Waals surface area contributed by atoms with Crippen LogP contribution in [0.25, 0.3) is 0 Å². The fourth-order valence-electron chi connectivity index (χ4n) is 2.37. The lowest BCUT2D eigenvalue weighted by molar-refractivity contribution is -0.199. The molecule has 2 N–H and O–H groups in total. The second-order valence-corrected chi connectivity index (χ2v) is 5.15.